The Hall–Kier alpha value is -3.00. The number of benzene rings is 2. The number of nitrogens with two attached hydrogens (primary N) is 1. The molecule has 0 bridgehead atoms. The smallest absolute Gasteiger partial charge is 0.410 e. The van der Waals surface area contributed by atoms with Gasteiger partial charge in [0.2, 0.25) is 0 Å². The van der Waals surface area contributed by atoms with E-state index in [0.29, 0.717) is 5.56 Å². The quantitative estimate of drug-likeness (QED) is 0.771. The highest BCUT2D eigenvalue weighted by atomic mass is 35.5. The number of nitrogen functional groups attached to an aromatic ring is 1. The van der Waals surface area contributed by atoms with Crippen molar-refractivity contribution in [1.82, 2.24) is 9.80 Å². The fourth-order valence-electron chi connectivity index (χ4n) is 2.81. The van der Waals surface area contributed by atoms with Crippen molar-refractivity contribution in [3.05, 3.63) is 52.3 Å². The Bertz CT molecular complexity index is 951. The van der Waals surface area contributed by atoms with Crippen molar-refractivity contribution in [3.63, 3.8) is 0 Å². The molecule has 0 radical (unpaired) electrons. The average molecular weight is 408 g/mol. The number of fused-ring (bicyclic) bond motifs is 1. The zero-order chi connectivity index (χ0) is 20.6. The van der Waals surface area contributed by atoms with Crippen molar-refractivity contribution in [2.45, 2.75) is 19.5 Å². The normalized spacial score (nSPS) is 15.7. The van der Waals surface area contributed by atoms with Gasteiger partial charge in [0.05, 0.1) is 23.3 Å². The first-order chi connectivity index (χ1) is 13.2. The number of hydrogen-bond donors (Lipinski definition) is 1. The molecule has 0 saturated heterocycles. The Balaban J connectivity index is 1.90. The molecule has 28 heavy (non-hydrogen) atoms. The summed E-state index contributed by atoms with van der Waals surface area (Å²) in [4.78, 5) is 26.9. The zero-order valence-corrected chi connectivity index (χ0v) is 16.3. The van der Waals surface area contributed by atoms with Crippen molar-refractivity contribution in [2.24, 2.45) is 0 Å². The summed E-state index contributed by atoms with van der Waals surface area (Å²) >= 11 is 6.23. The van der Waals surface area contributed by atoms with Crippen LogP contribution in [0.5, 0.6) is 11.5 Å². The lowest BCUT2D eigenvalue weighted by molar-refractivity contribution is 0.116. The summed E-state index contributed by atoms with van der Waals surface area (Å²) < 4.78 is 24.8. The van der Waals surface area contributed by atoms with Crippen molar-refractivity contribution in [2.75, 3.05) is 19.8 Å². The maximum absolute atomic E-state index is 14.2. The predicted molar refractivity (Wildman–Crippen MR) is 102 cm³/mol. The van der Waals surface area contributed by atoms with Gasteiger partial charge in [-0.05, 0) is 19.1 Å². The molecule has 0 spiro atoms. The first kappa shape index (κ1) is 19.8. The molecule has 2 aromatic rings. The molecule has 0 aliphatic carbocycles. The summed E-state index contributed by atoms with van der Waals surface area (Å²) in [6.45, 7) is 1.75. The molecule has 3 rings (SSSR count). The summed E-state index contributed by atoms with van der Waals surface area (Å²) in [7, 11) is 3.06. The van der Waals surface area contributed by atoms with Gasteiger partial charge in [-0.15, -0.1) is 0 Å². The van der Waals surface area contributed by atoms with E-state index in [1.807, 2.05) is 0 Å². The number of rotatable bonds is 3. The summed E-state index contributed by atoms with van der Waals surface area (Å²) in [5.74, 6) is -0.264. The number of carbonyl (C=O) groups excluding carboxylic acids is 2. The third kappa shape index (κ3) is 3.68. The maximum Gasteiger partial charge on any atom is 0.416 e. The molecule has 7 nitrogen and oxygen atoms in total. The molecular weight excluding hydrogens is 389 g/mol. The third-order valence-electron chi connectivity index (χ3n) is 4.43. The lowest BCUT2D eigenvalue weighted by atomic mass is 10.0. The van der Waals surface area contributed by atoms with Crippen LogP contribution in [0.1, 0.15) is 24.1 Å². The van der Waals surface area contributed by atoms with Crippen LogP contribution in [0.4, 0.5) is 19.7 Å². The van der Waals surface area contributed by atoms with Crippen LogP contribution in [0, 0.1) is 5.82 Å². The van der Waals surface area contributed by atoms with Gasteiger partial charge in [-0.1, -0.05) is 23.7 Å². The molecule has 2 amide bonds. The number of ether oxygens (including phenoxy) is 2. The van der Waals surface area contributed by atoms with Crippen LogP contribution in [0.2, 0.25) is 5.02 Å². The van der Waals surface area contributed by atoms with Gasteiger partial charge in [0, 0.05) is 31.3 Å². The second kappa shape index (κ2) is 7.55. The summed E-state index contributed by atoms with van der Waals surface area (Å²) in [5, 5.41) is 0.189. The number of amides is 2. The number of halogens is 2. The Labute approximate surface area is 166 Å². The first-order valence-electron chi connectivity index (χ1n) is 8.43. The largest absolute Gasteiger partial charge is 0.416 e. The van der Waals surface area contributed by atoms with Crippen molar-refractivity contribution in [3.8, 4) is 11.5 Å². The summed E-state index contributed by atoms with van der Waals surface area (Å²) in [6.07, 6.45) is -1.27. The molecule has 1 atom stereocenters. The number of nitrogens with zero attached hydrogens (tertiary/aromatic N) is 2. The van der Waals surface area contributed by atoms with E-state index in [1.165, 1.54) is 36.0 Å². The van der Waals surface area contributed by atoms with E-state index in [4.69, 9.17) is 26.8 Å². The van der Waals surface area contributed by atoms with Gasteiger partial charge in [0.1, 0.15) is 5.75 Å². The summed E-state index contributed by atoms with van der Waals surface area (Å²) in [6, 6.07) is 7.12. The van der Waals surface area contributed by atoms with Crippen LogP contribution in [0.3, 0.4) is 0 Å². The topological polar surface area (TPSA) is 85.1 Å². The second-order valence-electron chi connectivity index (χ2n) is 6.58. The number of anilines is 1. The van der Waals surface area contributed by atoms with Gasteiger partial charge in [0.25, 0.3) is 0 Å². The van der Waals surface area contributed by atoms with E-state index in [-0.39, 0.29) is 34.3 Å². The van der Waals surface area contributed by atoms with Crippen molar-refractivity contribution >= 4 is 29.5 Å². The number of carbonyl (C=O) groups is 2. The van der Waals surface area contributed by atoms with Crippen LogP contribution in [-0.4, -0.2) is 36.1 Å². The maximum atomic E-state index is 14.2. The lowest BCUT2D eigenvalue weighted by Crippen LogP contribution is -2.39. The van der Waals surface area contributed by atoms with Crippen LogP contribution in [0.15, 0.2) is 30.3 Å². The van der Waals surface area contributed by atoms with Crippen LogP contribution in [-0.2, 0) is 6.54 Å². The minimum Gasteiger partial charge on any atom is -0.410 e. The van der Waals surface area contributed by atoms with Crippen molar-refractivity contribution in [1.29, 1.82) is 0 Å². The standard InChI is InChI=1S/C19H19ClFN3O4/c1-10-12-7-13(20)16(28-18(25)23(2)3)8-15(12)27-19(26)24(10)9-11-5-4-6-14(22)17(11)21/h4-8,10H,9,22H2,1-3H3. The van der Waals surface area contributed by atoms with Gasteiger partial charge >= 0.3 is 12.2 Å². The third-order valence-corrected chi connectivity index (χ3v) is 4.72. The second-order valence-corrected chi connectivity index (χ2v) is 6.98. The Morgan fingerprint density at radius 2 is 2.11 bits per heavy atom. The van der Waals surface area contributed by atoms with Crippen LogP contribution >= 0.6 is 11.6 Å². The van der Waals surface area contributed by atoms with Gasteiger partial charge in [-0.3, -0.25) is 4.90 Å². The minimum absolute atomic E-state index is 0.00586. The van der Waals surface area contributed by atoms with E-state index in [0.717, 1.165) is 0 Å². The first-order valence-corrected chi connectivity index (χ1v) is 8.80. The number of hydrogen-bond acceptors (Lipinski definition) is 5. The highest BCUT2D eigenvalue weighted by Gasteiger charge is 2.33. The molecule has 1 heterocycles. The SMILES string of the molecule is CC1c2cc(Cl)c(OC(=O)N(C)C)cc2OC(=O)N1Cc1cccc(N)c1F. The molecule has 2 N–H and O–H groups in total. The Morgan fingerprint density at radius 3 is 2.79 bits per heavy atom. The molecule has 9 heteroatoms. The highest BCUT2D eigenvalue weighted by Crippen LogP contribution is 2.41. The average Bonchev–Trinajstić information content (AvgIpc) is 2.63. The fourth-order valence-corrected chi connectivity index (χ4v) is 3.02. The van der Waals surface area contributed by atoms with Crippen LogP contribution < -0.4 is 15.2 Å². The molecule has 0 fully saturated rings. The minimum atomic E-state index is -0.658. The van der Waals surface area contributed by atoms with E-state index in [2.05, 4.69) is 0 Å². The molecule has 1 aliphatic heterocycles. The van der Waals surface area contributed by atoms with Gasteiger partial charge in [0.15, 0.2) is 11.6 Å². The molecule has 148 valence electrons. The molecule has 0 aromatic heterocycles. The predicted octanol–water partition coefficient (Wildman–Crippen LogP) is 4.20. The molecule has 1 aliphatic rings. The highest BCUT2D eigenvalue weighted by molar-refractivity contribution is 6.32. The van der Waals surface area contributed by atoms with Gasteiger partial charge < -0.3 is 20.1 Å². The fraction of sp³-hybridized carbons (Fsp3) is 0.263. The van der Waals surface area contributed by atoms with Crippen molar-refractivity contribution < 1.29 is 23.5 Å². The molecule has 0 saturated carbocycles. The van der Waals surface area contributed by atoms with E-state index < -0.39 is 24.0 Å². The Kier molecular flexibility index (Phi) is 5.33. The van der Waals surface area contributed by atoms with Gasteiger partial charge in [-0.25, -0.2) is 14.0 Å². The van der Waals surface area contributed by atoms with Crippen LogP contribution in [0.25, 0.3) is 0 Å². The molecule has 1 unspecified atom stereocenters. The van der Waals surface area contributed by atoms with E-state index >= 15 is 0 Å². The monoisotopic (exact) mass is 407 g/mol. The van der Waals surface area contributed by atoms with E-state index in [1.54, 1.807) is 25.1 Å². The van der Waals surface area contributed by atoms with E-state index in [9.17, 15) is 14.0 Å². The molecule has 2 aromatic carbocycles. The zero-order valence-electron chi connectivity index (χ0n) is 15.5. The lowest BCUT2D eigenvalue weighted by Gasteiger charge is -2.34. The van der Waals surface area contributed by atoms with Gasteiger partial charge in [-0.2, -0.15) is 0 Å². The summed E-state index contributed by atoms with van der Waals surface area (Å²) in [5.41, 5.74) is 6.49. The Morgan fingerprint density at radius 1 is 1.39 bits per heavy atom. The molecular formula is C19H19ClFN3O4.